The van der Waals surface area contributed by atoms with Gasteiger partial charge in [-0.25, -0.2) is 0 Å². The van der Waals surface area contributed by atoms with Crippen molar-refractivity contribution in [2.75, 3.05) is 5.32 Å². The Labute approximate surface area is 142 Å². The number of hydrogen-bond donors (Lipinski definition) is 1. The van der Waals surface area contributed by atoms with Gasteiger partial charge in [-0.05, 0) is 54.5 Å². The molecule has 3 aromatic rings. The summed E-state index contributed by atoms with van der Waals surface area (Å²) >= 11 is 0. The molecule has 2 aromatic heterocycles. The van der Waals surface area contributed by atoms with Crippen molar-refractivity contribution in [3.8, 4) is 0 Å². The predicted octanol–water partition coefficient (Wildman–Crippen LogP) is 3.82. The summed E-state index contributed by atoms with van der Waals surface area (Å²) < 4.78 is 1.94. The number of aromatic nitrogens is 3. The Balaban J connectivity index is 1.41. The quantitative estimate of drug-likeness (QED) is 0.778. The van der Waals surface area contributed by atoms with Crippen LogP contribution in [0.5, 0.6) is 0 Å². The second-order valence-electron chi connectivity index (χ2n) is 6.36. The zero-order valence-electron chi connectivity index (χ0n) is 13.8. The summed E-state index contributed by atoms with van der Waals surface area (Å²) in [5.74, 6) is 0. The van der Waals surface area contributed by atoms with Crippen molar-refractivity contribution in [1.82, 2.24) is 14.8 Å². The van der Waals surface area contributed by atoms with E-state index in [4.69, 9.17) is 0 Å². The molecule has 24 heavy (non-hydrogen) atoms. The van der Waals surface area contributed by atoms with Crippen molar-refractivity contribution in [3.63, 3.8) is 0 Å². The van der Waals surface area contributed by atoms with Crippen LogP contribution in [0, 0.1) is 0 Å². The molecule has 0 saturated carbocycles. The van der Waals surface area contributed by atoms with Crippen molar-refractivity contribution < 1.29 is 0 Å². The molecule has 4 nitrogen and oxygen atoms in total. The molecular weight excluding hydrogens is 296 g/mol. The van der Waals surface area contributed by atoms with Crippen molar-refractivity contribution in [3.05, 3.63) is 77.4 Å². The Morgan fingerprint density at radius 1 is 0.958 bits per heavy atom. The van der Waals surface area contributed by atoms with E-state index in [0.717, 1.165) is 25.9 Å². The predicted molar refractivity (Wildman–Crippen MR) is 96.0 cm³/mol. The summed E-state index contributed by atoms with van der Waals surface area (Å²) in [6.45, 7) is 1.66. The van der Waals surface area contributed by atoms with Gasteiger partial charge in [0.1, 0.15) is 0 Å². The van der Waals surface area contributed by atoms with Gasteiger partial charge in [0.15, 0.2) is 0 Å². The van der Waals surface area contributed by atoms with E-state index in [-0.39, 0.29) is 0 Å². The monoisotopic (exact) mass is 318 g/mol. The number of fused-ring (bicyclic) bond motifs is 1. The lowest BCUT2D eigenvalue weighted by atomic mass is 9.95. The lowest BCUT2D eigenvalue weighted by Crippen LogP contribution is -2.10. The fraction of sp³-hybridized carbons (Fsp3) is 0.300. The maximum atomic E-state index is 4.53. The number of hydrogen-bond acceptors (Lipinski definition) is 3. The molecule has 0 atom stereocenters. The molecule has 0 bridgehead atoms. The Kier molecular flexibility index (Phi) is 4.28. The van der Waals surface area contributed by atoms with Gasteiger partial charge in [-0.15, -0.1) is 0 Å². The number of rotatable bonds is 5. The topological polar surface area (TPSA) is 42.7 Å². The maximum Gasteiger partial charge on any atom is 0.0659 e. The number of benzene rings is 1. The molecule has 1 aromatic carbocycles. The first-order valence-electron chi connectivity index (χ1n) is 8.64. The second-order valence-corrected chi connectivity index (χ2v) is 6.36. The molecule has 0 unspecified atom stereocenters. The van der Waals surface area contributed by atoms with Gasteiger partial charge in [-0.2, -0.15) is 5.10 Å². The minimum absolute atomic E-state index is 0.818. The highest BCUT2D eigenvalue weighted by atomic mass is 15.3. The maximum absolute atomic E-state index is 4.53. The number of anilines is 1. The van der Waals surface area contributed by atoms with Crippen molar-refractivity contribution in [2.24, 2.45) is 0 Å². The van der Waals surface area contributed by atoms with Crippen LogP contribution in [-0.4, -0.2) is 14.8 Å². The third kappa shape index (κ3) is 3.32. The van der Waals surface area contributed by atoms with Crippen LogP contribution >= 0.6 is 0 Å². The second kappa shape index (κ2) is 6.87. The highest BCUT2D eigenvalue weighted by Crippen LogP contribution is 2.26. The molecule has 2 heterocycles. The summed E-state index contributed by atoms with van der Waals surface area (Å²) in [4.78, 5) is 4.53. The van der Waals surface area contributed by atoms with Crippen LogP contribution < -0.4 is 5.32 Å². The summed E-state index contributed by atoms with van der Waals surface area (Å²) in [6.07, 6.45) is 10.5. The van der Waals surface area contributed by atoms with E-state index < -0.39 is 0 Å². The summed E-state index contributed by atoms with van der Waals surface area (Å²) in [5.41, 5.74) is 6.50. The number of aryl methyl sites for hydroxylation is 1. The first-order valence-corrected chi connectivity index (χ1v) is 8.64. The van der Waals surface area contributed by atoms with E-state index in [1.165, 1.54) is 40.9 Å². The Hall–Kier alpha value is -2.62. The van der Waals surface area contributed by atoms with Crippen LogP contribution in [0.15, 0.2) is 55.0 Å². The van der Waals surface area contributed by atoms with Crippen molar-refractivity contribution in [2.45, 2.75) is 38.8 Å². The normalized spacial score (nSPS) is 13.5. The van der Waals surface area contributed by atoms with E-state index in [1.807, 2.05) is 29.3 Å². The van der Waals surface area contributed by atoms with Gasteiger partial charge >= 0.3 is 0 Å². The first-order chi connectivity index (χ1) is 11.9. The standard InChI is InChI=1S/C20H22N4/c1-2-5-19-18(4-1)20(10-12-21-19)22-14-16-6-8-17(9-7-16)15-24-13-3-11-23-24/h3,6-13H,1-2,4-5,14-15H2,(H,21,22). The highest BCUT2D eigenvalue weighted by Gasteiger charge is 2.13. The zero-order valence-corrected chi connectivity index (χ0v) is 13.8. The molecular formula is C20H22N4. The molecule has 0 radical (unpaired) electrons. The van der Waals surface area contributed by atoms with Crippen LogP contribution in [-0.2, 0) is 25.9 Å². The molecule has 0 aliphatic heterocycles. The van der Waals surface area contributed by atoms with Crippen LogP contribution in [0.4, 0.5) is 5.69 Å². The van der Waals surface area contributed by atoms with Crippen LogP contribution in [0.3, 0.4) is 0 Å². The van der Waals surface area contributed by atoms with E-state index >= 15 is 0 Å². The smallest absolute Gasteiger partial charge is 0.0659 e. The molecule has 0 fully saturated rings. The lowest BCUT2D eigenvalue weighted by Gasteiger charge is -2.19. The molecule has 4 heteroatoms. The molecule has 0 saturated heterocycles. The van der Waals surface area contributed by atoms with Crippen molar-refractivity contribution in [1.29, 1.82) is 0 Å². The molecule has 1 N–H and O–H groups in total. The zero-order chi connectivity index (χ0) is 16.2. The Bertz CT molecular complexity index is 791. The van der Waals surface area contributed by atoms with Gasteiger partial charge in [0.2, 0.25) is 0 Å². The molecule has 1 aliphatic carbocycles. The molecule has 122 valence electrons. The van der Waals surface area contributed by atoms with Crippen LogP contribution in [0.1, 0.15) is 35.2 Å². The molecule has 0 amide bonds. The Morgan fingerprint density at radius 3 is 2.62 bits per heavy atom. The third-order valence-electron chi connectivity index (χ3n) is 4.65. The minimum Gasteiger partial charge on any atom is -0.381 e. The molecule has 4 rings (SSSR count). The number of pyridine rings is 1. The van der Waals surface area contributed by atoms with Gasteiger partial charge in [0.25, 0.3) is 0 Å². The number of nitrogens with one attached hydrogen (secondary N) is 1. The average Bonchev–Trinajstić information content (AvgIpc) is 3.14. The fourth-order valence-electron chi connectivity index (χ4n) is 3.33. The van der Waals surface area contributed by atoms with Gasteiger partial charge in [-0.3, -0.25) is 9.67 Å². The first kappa shape index (κ1) is 14.9. The SMILES string of the molecule is c1cnn(Cc2ccc(CNc3ccnc4c3CCCC4)cc2)c1. The minimum atomic E-state index is 0.818. The van der Waals surface area contributed by atoms with Gasteiger partial charge < -0.3 is 5.32 Å². The lowest BCUT2D eigenvalue weighted by molar-refractivity contribution is 0.668. The van der Waals surface area contributed by atoms with Crippen LogP contribution in [0.25, 0.3) is 0 Å². The largest absolute Gasteiger partial charge is 0.381 e. The van der Waals surface area contributed by atoms with Crippen LogP contribution in [0.2, 0.25) is 0 Å². The fourth-order valence-corrected chi connectivity index (χ4v) is 3.33. The summed E-state index contributed by atoms with van der Waals surface area (Å²) in [6, 6.07) is 12.8. The van der Waals surface area contributed by atoms with E-state index in [0.29, 0.717) is 0 Å². The van der Waals surface area contributed by atoms with E-state index in [2.05, 4.69) is 45.7 Å². The van der Waals surface area contributed by atoms with Gasteiger partial charge in [0.05, 0.1) is 6.54 Å². The molecule has 1 aliphatic rings. The third-order valence-corrected chi connectivity index (χ3v) is 4.65. The summed E-state index contributed by atoms with van der Waals surface area (Å²) in [7, 11) is 0. The van der Waals surface area contributed by atoms with Gasteiger partial charge in [0, 0.05) is 36.5 Å². The summed E-state index contributed by atoms with van der Waals surface area (Å²) in [5, 5.41) is 7.85. The number of nitrogens with zero attached hydrogens (tertiary/aromatic N) is 3. The molecule has 0 spiro atoms. The highest BCUT2D eigenvalue weighted by molar-refractivity contribution is 5.53. The average molecular weight is 318 g/mol. The van der Waals surface area contributed by atoms with E-state index in [9.17, 15) is 0 Å². The van der Waals surface area contributed by atoms with Gasteiger partial charge in [-0.1, -0.05) is 24.3 Å². The van der Waals surface area contributed by atoms with E-state index in [1.54, 1.807) is 0 Å². The van der Waals surface area contributed by atoms with Crippen molar-refractivity contribution >= 4 is 5.69 Å². The Morgan fingerprint density at radius 2 is 1.79 bits per heavy atom.